The molecule has 7 nitrogen and oxygen atoms in total. The Balaban J connectivity index is 1.36. The second kappa shape index (κ2) is 12.6. The van der Waals surface area contributed by atoms with Gasteiger partial charge < -0.3 is 20.0 Å². The first-order valence-corrected chi connectivity index (χ1v) is 13.2. The van der Waals surface area contributed by atoms with Gasteiger partial charge in [0.15, 0.2) is 0 Å². The van der Waals surface area contributed by atoms with Gasteiger partial charge in [0.1, 0.15) is 17.4 Å². The number of piperidine rings is 1. The molecule has 1 saturated heterocycles. The number of hydroxylamine groups is 1. The molecule has 0 unspecified atom stereocenters. The van der Waals surface area contributed by atoms with E-state index in [-0.39, 0.29) is 12.0 Å². The molecule has 2 aromatic carbocycles. The summed E-state index contributed by atoms with van der Waals surface area (Å²) in [6, 6.07) is 10.5. The van der Waals surface area contributed by atoms with Crippen LogP contribution in [0.15, 0.2) is 53.6 Å². The molecule has 0 saturated carbocycles. The summed E-state index contributed by atoms with van der Waals surface area (Å²) in [6.07, 6.45) is 3.61. The number of hydrogen-bond donors (Lipinski definition) is 3. The van der Waals surface area contributed by atoms with E-state index in [1.165, 1.54) is 23.9 Å². The SMILES string of the molecule is COc1ccc2nccc([C@@H](CC[C@@H]3CCN(CCSc4cc(F)cc(F)c4)C[C@@H]3C(=O)O)NO)c2c1. The van der Waals surface area contributed by atoms with Crippen molar-refractivity contribution in [2.45, 2.75) is 30.2 Å². The van der Waals surface area contributed by atoms with Gasteiger partial charge in [-0.25, -0.2) is 8.78 Å². The van der Waals surface area contributed by atoms with Crippen LogP contribution >= 0.6 is 11.8 Å². The third-order valence-corrected chi connectivity index (χ3v) is 7.97. The number of ether oxygens (including phenoxy) is 1. The molecule has 0 amide bonds. The number of hydrogen-bond acceptors (Lipinski definition) is 7. The van der Waals surface area contributed by atoms with Crippen molar-refractivity contribution in [3.8, 4) is 5.75 Å². The standard InChI is InChI=1S/C27H31F2N3O4S/c1-36-20-3-5-25-23(15-20)22(6-8-30-25)26(31-35)4-2-17-7-9-32(16-24(17)27(33)34)10-11-37-21-13-18(28)12-19(29)14-21/h3,5-6,8,12-15,17,24,26,31,35H,2,4,7,9-11,16H2,1H3,(H,33,34)/t17-,24+,26-/m1/s1. The zero-order valence-electron chi connectivity index (χ0n) is 20.6. The van der Waals surface area contributed by atoms with Crippen molar-refractivity contribution < 1.29 is 28.6 Å². The number of aromatic nitrogens is 1. The van der Waals surface area contributed by atoms with Gasteiger partial charge in [0.2, 0.25) is 0 Å². The van der Waals surface area contributed by atoms with Crippen LogP contribution in [0.5, 0.6) is 5.75 Å². The number of carboxylic acid groups (broad SMARTS) is 1. The van der Waals surface area contributed by atoms with E-state index in [1.807, 2.05) is 24.3 Å². The second-order valence-electron chi connectivity index (χ2n) is 9.29. The van der Waals surface area contributed by atoms with Crippen molar-refractivity contribution in [1.29, 1.82) is 0 Å². The third-order valence-electron chi connectivity index (χ3n) is 7.01. The molecule has 1 aromatic heterocycles. The topological polar surface area (TPSA) is 94.9 Å². The molecule has 37 heavy (non-hydrogen) atoms. The van der Waals surface area contributed by atoms with Crippen molar-refractivity contribution in [3.05, 3.63) is 65.9 Å². The molecule has 10 heteroatoms. The summed E-state index contributed by atoms with van der Waals surface area (Å²) in [5, 5.41) is 20.8. The average Bonchev–Trinajstić information content (AvgIpc) is 2.88. The monoisotopic (exact) mass is 531 g/mol. The maximum Gasteiger partial charge on any atom is 0.308 e. The van der Waals surface area contributed by atoms with Gasteiger partial charge in [0.25, 0.3) is 0 Å². The van der Waals surface area contributed by atoms with Crippen molar-refractivity contribution in [3.63, 3.8) is 0 Å². The predicted octanol–water partition coefficient (Wildman–Crippen LogP) is 5.14. The molecule has 3 aromatic rings. The smallest absolute Gasteiger partial charge is 0.308 e. The molecule has 1 aliphatic heterocycles. The lowest BCUT2D eigenvalue weighted by Gasteiger charge is -2.37. The van der Waals surface area contributed by atoms with E-state index in [2.05, 4.69) is 15.4 Å². The van der Waals surface area contributed by atoms with Crippen molar-refractivity contribution in [2.24, 2.45) is 11.8 Å². The lowest BCUT2D eigenvalue weighted by molar-refractivity contribution is -0.146. The van der Waals surface area contributed by atoms with Gasteiger partial charge in [-0.15, -0.1) is 11.8 Å². The minimum Gasteiger partial charge on any atom is -0.497 e. The Morgan fingerprint density at radius 3 is 2.73 bits per heavy atom. The number of methoxy groups -OCH3 is 1. The summed E-state index contributed by atoms with van der Waals surface area (Å²) in [7, 11) is 1.59. The van der Waals surface area contributed by atoms with Crippen LogP contribution in [0.25, 0.3) is 10.9 Å². The van der Waals surface area contributed by atoms with Crippen LogP contribution in [0.3, 0.4) is 0 Å². The molecule has 4 rings (SSSR count). The summed E-state index contributed by atoms with van der Waals surface area (Å²) in [5.41, 5.74) is 4.07. The van der Waals surface area contributed by atoms with E-state index in [4.69, 9.17) is 4.74 Å². The summed E-state index contributed by atoms with van der Waals surface area (Å²) < 4.78 is 32.2. The van der Waals surface area contributed by atoms with Crippen LogP contribution in [-0.4, -0.2) is 58.7 Å². The molecule has 0 radical (unpaired) electrons. The van der Waals surface area contributed by atoms with Gasteiger partial charge in [-0.3, -0.25) is 9.78 Å². The Labute approximate surface area is 218 Å². The first kappa shape index (κ1) is 27.3. The number of carbonyl (C=O) groups is 1. The largest absolute Gasteiger partial charge is 0.497 e. The average molecular weight is 532 g/mol. The summed E-state index contributed by atoms with van der Waals surface area (Å²) in [5.74, 6) is -1.31. The molecule has 0 aliphatic carbocycles. The van der Waals surface area contributed by atoms with Gasteiger partial charge in [0.05, 0.1) is 24.6 Å². The second-order valence-corrected chi connectivity index (χ2v) is 10.5. The Bertz CT molecular complexity index is 1210. The number of likely N-dealkylation sites (tertiary alicyclic amines) is 1. The van der Waals surface area contributed by atoms with Gasteiger partial charge in [-0.1, -0.05) is 0 Å². The van der Waals surface area contributed by atoms with Crippen LogP contribution in [-0.2, 0) is 4.79 Å². The van der Waals surface area contributed by atoms with E-state index >= 15 is 0 Å². The van der Waals surface area contributed by atoms with E-state index in [0.717, 1.165) is 35.5 Å². The quantitative estimate of drug-likeness (QED) is 0.231. The van der Waals surface area contributed by atoms with Crippen molar-refractivity contribution >= 4 is 28.6 Å². The van der Waals surface area contributed by atoms with Crippen LogP contribution < -0.4 is 10.2 Å². The Morgan fingerprint density at radius 2 is 2.03 bits per heavy atom. The zero-order chi connectivity index (χ0) is 26.4. The summed E-state index contributed by atoms with van der Waals surface area (Å²) >= 11 is 1.35. The van der Waals surface area contributed by atoms with E-state index in [1.54, 1.807) is 13.3 Å². The Kier molecular flexibility index (Phi) is 9.31. The molecular formula is C27H31F2N3O4S. The Hall–Kier alpha value is -2.79. The molecule has 3 N–H and O–H groups in total. The molecule has 0 spiro atoms. The van der Waals surface area contributed by atoms with Crippen LogP contribution in [0.4, 0.5) is 8.78 Å². The number of halogens is 2. The third kappa shape index (κ3) is 6.95. The molecule has 0 bridgehead atoms. The fraction of sp³-hybridized carbons (Fsp3) is 0.407. The van der Waals surface area contributed by atoms with E-state index in [0.29, 0.717) is 42.3 Å². The van der Waals surface area contributed by atoms with Gasteiger partial charge in [0, 0.05) is 41.4 Å². The maximum atomic E-state index is 13.4. The molecule has 3 atom stereocenters. The molecule has 1 aliphatic rings. The lowest BCUT2D eigenvalue weighted by atomic mass is 9.81. The highest BCUT2D eigenvalue weighted by molar-refractivity contribution is 7.99. The van der Waals surface area contributed by atoms with Crippen molar-refractivity contribution in [2.75, 3.05) is 32.5 Å². The minimum atomic E-state index is -0.831. The number of aliphatic carboxylic acids is 1. The number of rotatable bonds is 11. The lowest BCUT2D eigenvalue weighted by Crippen LogP contribution is -2.44. The fourth-order valence-electron chi connectivity index (χ4n) is 5.05. The van der Waals surface area contributed by atoms with Crippen LogP contribution in [0.1, 0.15) is 30.9 Å². The number of benzene rings is 2. The number of carboxylic acids is 1. The zero-order valence-corrected chi connectivity index (χ0v) is 21.4. The Morgan fingerprint density at radius 1 is 1.24 bits per heavy atom. The first-order valence-electron chi connectivity index (χ1n) is 12.2. The van der Waals surface area contributed by atoms with Gasteiger partial charge >= 0.3 is 5.97 Å². The number of thioether (sulfide) groups is 1. The van der Waals surface area contributed by atoms with Gasteiger partial charge in [-0.05, 0) is 73.7 Å². The molecule has 2 heterocycles. The molecule has 198 valence electrons. The van der Waals surface area contributed by atoms with Crippen LogP contribution in [0.2, 0.25) is 0 Å². The predicted molar refractivity (Wildman–Crippen MR) is 138 cm³/mol. The minimum absolute atomic E-state index is 0.0304. The highest BCUT2D eigenvalue weighted by atomic mass is 32.2. The number of nitrogens with zero attached hydrogens (tertiary/aromatic N) is 2. The first-order chi connectivity index (χ1) is 17.9. The highest BCUT2D eigenvalue weighted by Crippen LogP contribution is 2.34. The van der Waals surface area contributed by atoms with Crippen LogP contribution in [0, 0.1) is 23.5 Å². The molecular weight excluding hydrogens is 500 g/mol. The van der Waals surface area contributed by atoms with E-state index < -0.39 is 23.5 Å². The number of nitrogens with one attached hydrogen (secondary N) is 1. The maximum absolute atomic E-state index is 13.4. The number of fused-ring (bicyclic) bond motifs is 1. The van der Waals surface area contributed by atoms with E-state index in [9.17, 15) is 23.9 Å². The molecule has 1 fully saturated rings. The summed E-state index contributed by atoms with van der Waals surface area (Å²) in [4.78, 5) is 19.1. The summed E-state index contributed by atoms with van der Waals surface area (Å²) in [6.45, 7) is 1.80. The van der Waals surface area contributed by atoms with Gasteiger partial charge in [-0.2, -0.15) is 5.48 Å². The fourth-order valence-corrected chi connectivity index (χ4v) is 6.03. The normalized spacial score (nSPS) is 19.1. The van der Waals surface area contributed by atoms with Crippen molar-refractivity contribution in [1.82, 2.24) is 15.4 Å². The number of pyridine rings is 1. The highest BCUT2D eigenvalue weighted by Gasteiger charge is 2.34.